The van der Waals surface area contributed by atoms with Crippen LogP contribution in [0.1, 0.15) is 26.2 Å². The molecule has 1 aromatic rings. The summed E-state index contributed by atoms with van der Waals surface area (Å²) in [6, 6.07) is 7.43. The fourth-order valence-electron chi connectivity index (χ4n) is 1.61. The molecule has 1 rings (SSSR count). The summed E-state index contributed by atoms with van der Waals surface area (Å²) in [5.41, 5.74) is 1.06. The SMILES string of the molecule is CCCCC(Oc1ccc(N(C)C)cc1)C(=O)O. The molecule has 4 heteroatoms. The van der Waals surface area contributed by atoms with Crippen molar-refractivity contribution in [2.45, 2.75) is 32.3 Å². The maximum atomic E-state index is 11.1. The van der Waals surface area contributed by atoms with E-state index in [2.05, 4.69) is 0 Å². The van der Waals surface area contributed by atoms with E-state index in [1.54, 1.807) is 12.1 Å². The minimum absolute atomic E-state index is 0.543. The van der Waals surface area contributed by atoms with Gasteiger partial charge < -0.3 is 14.7 Å². The van der Waals surface area contributed by atoms with E-state index < -0.39 is 12.1 Å². The normalized spacial score (nSPS) is 11.9. The van der Waals surface area contributed by atoms with Gasteiger partial charge in [-0.05, 0) is 37.1 Å². The molecule has 0 bridgehead atoms. The minimum atomic E-state index is -0.903. The Bertz CT molecular complexity index is 373. The topological polar surface area (TPSA) is 49.8 Å². The molecule has 0 amide bonds. The number of nitrogens with zero attached hydrogens (tertiary/aromatic N) is 1. The Balaban J connectivity index is 2.66. The van der Waals surface area contributed by atoms with Gasteiger partial charge in [-0.25, -0.2) is 4.79 Å². The van der Waals surface area contributed by atoms with Crippen LogP contribution in [0.4, 0.5) is 5.69 Å². The number of hydrogen-bond acceptors (Lipinski definition) is 3. The molecular formula is C14H21NO3. The average Bonchev–Trinajstić information content (AvgIpc) is 2.34. The van der Waals surface area contributed by atoms with E-state index >= 15 is 0 Å². The predicted molar refractivity (Wildman–Crippen MR) is 72.3 cm³/mol. The van der Waals surface area contributed by atoms with Crippen LogP contribution < -0.4 is 9.64 Å². The second-order valence-electron chi connectivity index (χ2n) is 4.48. The van der Waals surface area contributed by atoms with E-state index in [4.69, 9.17) is 9.84 Å². The van der Waals surface area contributed by atoms with Crippen molar-refractivity contribution in [3.63, 3.8) is 0 Å². The van der Waals surface area contributed by atoms with Gasteiger partial charge in [0.2, 0.25) is 0 Å². The van der Waals surface area contributed by atoms with Crippen molar-refractivity contribution in [2.24, 2.45) is 0 Å². The zero-order valence-corrected chi connectivity index (χ0v) is 11.2. The molecule has 0 saturated carbocycles. The Morgan fingerprint density at radius 2 is 1.94 bits per heavy atom. The zero-order valence-electron chi connectivity index (χ0n) is 11.2. The van der Waals surface area contributed by atoms with Crippen LogP contribution in [0, 0.1) is 0 Å². The van der Waals surface area contributed by atoms with Crippen LogP contribution in [-0.4, -0.2) is 31.3 Å². The summed E-state index contributed by atoms with van der Waals surface area (Å²) in [5, 5.41) is 9.07. The van der Waals surface area contributed by atoms with Gasteiger partial charge in [-0.1, -0.05) is 13.3 Å². The number of hydrogen-bond donors (Lipinski definition) is 1. The van der Waals surface area contributed by atoms with Crippen LogP contribution in [0.3, 0.4) is 0 Å². The largest absolute Gasteiger partial charge is 0.479 e. The van der Waals surface area contributed by atoms with Crippen molar-refractivity contribution in [3.8, 4) is 5.75 Å². The predicted octanol–water partition coefficient (Wildman–Crippen LogP) is 2.77. The monoisotopic (exact) mass is 251 g/mol. The molecule has 0 heterocycles. The number of aliphatic carboxylic acids is 1. The lowest BCUT2D eigenvalue weighted by atomic mass is 10.1. The lowest BCUT2D eigenvalue weighted by Gasteiger charge is -2.16. The number of anilines is 1. The highest BCUT2D eigenvalue weighted by Gasteiger charge is 2.18. The second kappa shape index (κ2) is 6.89. The molecule has 0 fully saturated rings. The molecule has 0 radical (unpaired) electrons. The van der Waals surface area contributed by atoms with Crippen molar-refractivity contribution in [2.75, 3.05) is 19.0 Å². The van der Waals surface area contributed by atoms with E-state index in [1.165, 1.54) is 0 Å². The number of rotatable bonds is 7. The van der Waals surface area contributed by atoms with Crippen molar-refractivity contribution in [1.82, 2.24) is 0 Å². The first-order valence-electron chi connectivity index (χ1n) is 6.21. The molecule has 1 aromatic carbocycles. The third kappa shape index (κ3) is 4.28. The van der Waals surface area contributed by atoms with E-state index in [-0.39, 0.29) is 0 Å². The van der Waals surface area contributed by atoms with Crippen LogP contribution in [0.25, 0.3) is 0 Å². The number of carboxylic acid groups (broad SMARTS) is 1. The van der Waals surface area contributed by atoms with Gasteiger partial charge in [0.1, 0.15) is 5.75 Å². The van der Waals surface area contributed by atoms with Crippen LogP contribution in [0.15, 0.2) is 24.3 Å². The smallest absolute Gasteiger partial charge is 0.344 e. The molecule has 0 spiro atoms. The van der Waals surface area contributed by atoms with E-state index in [9.17, 15) is 4.79 Å². The first-order chi connectivity index (χ1) is 8.54. The molecule has 0 aliphatic carbocycles. The van der Waals surface area contributed by atoms with Gasteiger partial charge in [-0.2, -0.15) is 0 Å². The summed E-state index contributed by atoms with van der Waals surface area (Å²) in [6.45, 7) is 2.03. The van der Waals surface area contributed by atoms with Crippen LogP contribution >= 0.6 is 0 Å². The molecule has 0 saturated heterocycles. The van der Waals surface area contributed by atoms with Crippen molar-refractivity contribution in [1.29, 1.82) is 0 Å². The molecule has 0 aliphatic heterocycles. The molecule has 100 valence electrons. The molecule has 4 nitrogen and oxygen atoms in total. The van der Waals surface area contributed by atoms with Crippen molar-refractivity contribution >= 4 is 11.7 Å². The molecule has 18 heavy (non-hydrogen) atoms. The maximum absolute atomic E-state index is 11.1. The second-order valence-corrected chi connectivity index (χ2v) is 4.48. The van der Waals surface area contributed by atoms with Crippen molar-refractivity contribution < 1.29 is 14.6 Å². The van der Waals surface area contributed by atoms with Gasteiger partial charge >= 0.3 is 5.97 Å². The van der Waals surface area contributed by atoms with Gasteiger partial charge in [-0.3, -0.25) is 0 Å². The summed E-state index contributed by atoms with van der Waals surface area (Å²) in [5.74, 6) is -0.302. The van der Waals surface area contributed by atoms with E-state index in [0.29, 0.717) is 12.2 Å². The van der Waals surface area contributed by atoms with Crippen molar-refractivity contribution in [3.05, 3.63) is 24.3 Å². The number of benzene rings is 1. The lowest BCUT2D eigenvalue weighted by molar-refractivity contribution is -0.145. The highest BCUT2D eigenvalue weighted by Crippen LogP contribution is 2.19. The minimum Gasteiger partial charge on any atom is -0.479 e. The molecule has 0 aliphatic rings. The van der Waals surface area contributed by atoms with Gasteiger partial charge in [0.15, 0.2) is 6.10 Å². The molecule has 1 unspecified atom stereocenters. The number of unbranched alkanes of at least 4 members (excludes halogenated alkanes) is 1. The summed E-state index contributed by atoms with van der Waals surface area (Å²) in [6.07, 6.45) is 1.61. The van der Waals surface area contributed by atoms with E-state index in [1.807, 2.05) is 38.1 Å². The number of ether oxygens (including phenoxy) is 1. The summed E-state index contributed by atoms with van der Waals surface area (Å²) in [7, 11) is 3.91. The summed E-state index contributed by atoms with van der Waals surface area (Å²) < 4.78 is 5.49. The highest BCUT2D eigenvalue weighted by molar-refractivity contribution is 5.72. The standard InChI is InChI=1S/C14H21NO3/c1-4-5-6-13(14(16)17)18-12-9-7-11(8-10-12)15(2)3/h7-10,13H,4-6H2,1-3H3,(H,16,17). The molecular weight excluding hydrogens is 230 g/mol. The first-order valence-corrected chi connectivity index (χ1v) is 6.21. The van der Waals surface area contributed by atoms with Gasteiger partial charge in [0.05, 0.1) is 0 Å². The van der Waals surface area contributed by atoms with Crippen LogP contribution in [-0.2, 0) is 4.79 Å². The third-order valence-corrected chi connectivity index (χ3v) is 2.73. The fraction of sp³-hybridized carbons (Fsp3) is 0.500. The lowest BCUT2D eigenvalue weighted by Crippen LogP contribution is -2.26. The van der Waals surface area contributed by atoms with Gasteiger partial charge in [0, 0.05) is 19.8 Å². The Morgan fingerprint density at radius 1 is 1.33 bits per heavy atom. The quantitative estimate of drug-likeness (QED) is 0.809. The fourth-order valence-corrected chi connectivity index (χ4v) is 1.61. The third-order valence-electron chi connectivity index (χ3n) is 2.73. The highest BCUT2D eigenvalue weighted by atomic mass is 16.5. The van der Waals surface area contributed by atoms with Gasteiger partial charge in [0.25, 0.3) is 0 Å². The Kier molecular flexibility index (Phi) is 5.49. The molecule has 1 atom stereocenters. The summed E-state index contributed by atoms with van der Waals surface area (Å²) in [4.78, 5) is 13.0. The molecule has 0 aromatic heterocycles. The Hall–Kier alpha value is -1.71. The van der Waals surface area contributed by atoms with Gasteiger partial charge in [-0.15, -0.1) is 0 Å². The Morgan fingerprint density at radius 3 is 2.39 bits per heavy atom. The zero-order chi connectivity index (χ0) is 13.5. The number of carbonyl (C=O) groups is 1. The van der Waals surface area contributed by atoms with Crippen LogP contribution in [0.5, 0.6) is 5.75 Å². The molecule has 1 N–H and O–H groups in total. The maximum Gasteiger partial charge on any atom is 0.344 e. The first kappa shape index (κ1) is 14.4. The Labute approximate surface area is 108 Å². The average molecular weight is 251 g/mol. The number of carboxylic acids is 1. The van der Waals surface area contributed by atoms with E-state index in [0.717, 1.165) is 18.5 Å². The van der Waals surface area contributed by atoms with Crippen LogP contribution in [0.2, 0.25) is 0 Å². The summed E-state index contributed by atoms with van der Waals surface area (Å²) >= 11 is 0.